The molecule has 4 aromatic heterocycles. The Bertz CT molecular complexity index is 5630. The van der Waals surface area contributed by atoms with Crippen molar-refractivity contribution in [1.82, 2.24) is 38.2 Å². The van der Waals surface area contributed by atoms with E-state index >= 15 is 0 Å². The molecule has 4 aliphatic carbocycles. The molecule has 22 nitrogen and oxygen atoms in total. The van der Waals surface area contributed by atoms with Crippen LogP contribution in [0.5, 0.6) is 12.0 Å². The van der Waals surface area contributed by atoms with Gasteiger partial charge in [-0.1, -0.05) is 190 Å². The molecule has 4 aliphatic rings. The summed E-state index contributed by atoms with van der Waals surface area (Å²) in [4.78, 5) is 116. The highest BCUT2D eigenvalue weighted by Gasteiger charge is 2.31. The number of Topliss-reactive ketones (excluding diaryl/α,β-unsaturated/α-hetero) is 4. The summed E-state index contributed by atoms with van der Waals surface area (Å²) < 4.78 is 19.5. The lowest BCUT2D eigenvalue weighted by Crippen LogP contribution is -2.13. The van der Waals surface area contributed by atoms with Gasteiger partial charge in [0.25, 0.3) is 12.0 Å². The molecule has 12 aromatic rings. The zero-order valence-corrected chi connectivity index (χ0v) is 68.8. The lowest BCUT2D eigenvalue weighted by atomic mass is 9.98. The van der Waals surface area contributed by atoms with Crippen molar-refractivity contribution in [3.05, 3.63) is 302 Å². The summed E-state index contributed by atoms with van der Waals surface area (Å²) in [5, 5.41) is 37.8. The summed E-state index contributed by atoms with van der Waals surface area (Å²) in [6.45, 7) is 11.2. The molecule has 8 aromatic carbocycles. The van der Waals surface area contributed by atoms with Crippen molar-refractivity contribution in [3.63, 3.8) is 0 Å². The van der Waals surface area contributed by atoms with Gasteiger partial charge < -0.3 is 39.0 Å². The van der Waals surface area contributed by atoms with Crippen LogP contribution in [0, 0.1) is 0 Å². The van der Waals surface area contributed by atoms with Gasteiger partial charge in [-0.25, -0.2) is 29.1 Å². The molecule has 0 fully saturated rings. The van der Waals surface area contributed by atoms with Crippen LogP contribution in [0.15, 0.2) is 200 Å². The molecule has 0 spiro atoms. The molecule has 0 saturated carbocycles. The number of ether oxygens (including phenoxy) is 2. The monoisotopic (exact) mass is 1620 g/mol. The van der Waals surface area contributed by atoms with E-state index in [1.165, 1.54) is 0 Å². The fraction of sp³-hybridized carbons (Fsp3) is 0.293. The minimum atomic E-state index is -0.948. The van der Waals surface area contributed by atoms with Crippen LogP contribution in [0.4, 0.5) is 0 Å². The summed E-state index contributed by atoms with van der Waals surface area (Å²) in [6.07, 6.45) is 19.6. The second-order valence-electron chi connectivity index (χ2n) is 30.6. The van der Waals surface area contributed by atoms with E-state index in [2.05, 4.69) is 21.5 Å². The second kappa shape index (κ2) is 40.3. The van der Waals surface area contributed by atoms with Gasteiger partial charge in [0.05, 0.1) is 71.3 Å². The van der Waals surface area contributed by atoms with Crippen LogP contribution in [0.2, 0.25) is 0 Å². The molecule has 4 N–H and O–H groups in total. The van der Waals surface area contributed by atoms with Gasteiger partial charge in [-0.05, 0) is 201 Å². The number of carbonyl (C=O) groups excluding carboxylic acids is 4. The summed E-state index contributed by atoms with van der Waals surface area (Å²) >= 11 is 0. The predicted octanol–water partition coefficient (Wildman–Crippen LogP) is 20.0. The number of nitrogens with zero attached hydrogens (tertiary/aromatic N) is 8. The Labute approximate surface area is 703 Å². The molecule has 0 atom stereocenters. The Balaban J connectivity index is 0.000000139. The first-order valence-corrected chi connectivity index (χ1v) is 41.9. The van der Waals surface area contributed by atoms with Crippen LogP contribution in [0.25, 0.3) is 50.6 Å². The van der Waals surface area contributed by atoms with Gasteiger partial charge in [-0.15, -0.1) is 0 Å². The van der Waals surface area contributed by atoms with Crippen molar-refractivity contribution in [3.8, 4) is 56.5 Å². The molecule has 16 rings (SSSR count). The number of allylic oxidation sites excluding steroid dienone is 1. The van der Waals surface area contributed by atoms with Crippen LogP contribution in [0.1, 0.15) is 258 Å². The second-order valence-corrected chi connectivity index (χ2v) is 30.6. The average Bonchev–Trinajstić information content (AvgIpc) is 1.60. The normalized spacial score (nSPS) is 13.7. The molecule has 121 heavy (non-hydrogen) atoms. The Morgan fingerprint density at radius 1 is 0.347 bits per heavy atom. The van der Waals surface area contributed by atoms with E-state index in [0.29, 0.717) is 116 Å². The number of carbonyl (C=O) groups is 8. The van der Waals surface area contributed by atoms with E-state index < -0.39 is 23.9 Å². The highest BCUT2D eigenvalue weighted by Crippen LogP contribution is 2.35. The zero-order valence-electron chi connectivity index (χ0n) is 68.8. The van der Waals surface area contributed by atoms with E-state index in [-0.39, 0.29) is 39.8 Å². The van der Waals surface area contributed by atoms with Crippen molar-refractivity contribution >= 4 is 53.1 Å². The number of carboxylic acids is 4. The van der Waals surface area contributed by atoms with Crippen molar-refractivity contribution in [2.24, 2.45) is 0 Å². The van der Waals surface area contributed by atoms with Crippen LogP contribution in [-0.4, -0.2) is 119 Å². The highest BCUT2D eigenvalue weighted by molar-refractivity contribution is 6.01. The smallest absolute Gasteiger partial charge is 0.336 e. The highest BCUT2D eigenvalue weighted by atomic mass is 16.5. The molecule has 620 valence electrons. The predicted molar refractivity (Wildman–Crippen MR) is 464 cm³/mol. The fourth-order valence-electron chi connectivity index (χ4n) is 16.2. The number of aromatic nitrogens is 8. The summed E-state index contributed by atoms with van der Waals surface area (Å²) in [5.41, 5.74) is 17.7. The Hall–Kier alpha value is -13.5. The maximum absolute atomic E-state index is 12.8. The van der Waals surface area contributed by atoms with E-state index in [4.69, 9.17) is 19.4 Å². The summed E-state index contributed by atoms with van der Waals surface area (Å²) in [5.74, 6) is -1.37. The lowest BCUT2D eigenvalue weighted by Gasteiger charge is -2.13. The van der Waals surface area contributed by atoms with Crippen molar-refractivity contribution < 1.29 is 68.3 Å². The molecular formula is C99H100N8O14. The lowest BCUT2D eigenvalue weighted by molar-refractivity contribution is 0.0687. The number of aromatic carboxylic acids is 4. The number of ketones is 4. The molecular weight excluding hydrogens is 1530 g/mol. The minimum Gasteiger partial charge on any atom is -0.478 e. The number of fused-ring (bicyclic) bond motifs is 4. The first-order valence-electron chi connectivity index (χ1n) is 41.9. The molecule has 0 unspecified atom stereocenters. The average molecular weight is 1630 g/mol. The van der Waals surface area contributed by atoms with Gasteiger partial charge in [0, 0.05) is 45.2 Å². The number of carboxylic acid groups (broad SMARTS) is 4. The maximum Gasteiger partial charge on any atom is 0.336 e. The number of aryl methyl sites for hydroxylation is 5. The zero-order chi connectivity index (χ0) is 85.1. The summed E-state index contributed by atoms with van der Waals surface area (Å²) in [6, 6.07) is 60.2. The minimum absolute atomic E-state index is 0.118. The van der Waals surface area contributed by atoms with Gasteiger partial charge in [-0.3, -0.25) is 28.3 Å². The molecule has 0 amide bonds. The van der Waals surface area contributed by atoms with Crippen LogP contribution in [0.3, 0.4) is 0 Å². The van der Waals surface area contributed by atoms with Gasteiger partial charge in [0.15, 0.2) is 23.1 Å². The Kier molecular flexibility index (Phi) is 28.4. The topological polar surface area (TPSA) is 307 Å². The third-order valence-corrected chi connectivity index (χ3v) is 22.1. The SMILES string of the molecule is C/C=C/c1nc2c(n1Cc1ccc(-c3ccccc3C(=O)O)cc1)C(=O)CCCC2.CCCOc1nc2c(n1Cc1ccc(-c3ccccc3C(=O)O)cc1)C(=O)CCCC2.CCCc1nc2c(n1Cc1ccc(-c3ccccc3C(=O)O)cc1)C(=O)CCCC2.CCOc1nc2c(n1Cc1ccc(-c3ccccc3C(=O)O)cc1)C(=O)CCCC2. The van der Waals surface area contributed by atoms with E-state index in [0.717, 1.165) is 187 Å². The first-order chi connectivity index (χ1) is 58.8. The van der Waals surface area contributed by atoms with Gasteiger partial charge in [0.2, 0.25) is 0 Å². The van der Waals surface area contributed by atoms with Gasteiger partial charge >= 0.3 is 23.9 Å². The molecule has 0 aliphatic heterocycles. The van der Waals surface area contributed by atoms with Crippen molar-refractivity contribution in [1.29, 1.82) is 0 Å². The molecule has 0 radical (unpaired) electrons. The maximum atomic E-state index is 12.8. The standard InChI is InChI=1S/C25H26N2O4.C25H26N2O3.C25H24N2O3.C24H24N2O4/c1-2-15-31-25-26-21-9-5-6-10-22(28)23(21)27(25)16-17-11-13-18(14-12-17)19-7-3-4-8-20(19)24(29)30;2*1-2-7-23-26-21-10-5-6-11-22(28)24(21)27(23)16-17-12-14-18(15-13-17)19-8-3-4-9-20(19)25(29)30;1-2-30-24-25-20-9-5-6-10-21(27)22(20)26(24)15-16-11-13-17(14-12-16)18-7-3-4-8-19(18)23(28)29/h3-4,7-8,11-14H,2,5-6,9-10,15-16H2,1H3,(H,29,30);3-4,8-9,12-15H,2,5-7,10-11,16H2,1H3,(H,29,30);2-4,7-9,12-15H,5-6,10-11,16H2,1H3,(H,29,30);3-4,7-8,11-14H,2,5-6,9-10,15H2,1H3,(H,28,29)/b;;7-2+;. The molecule has 0 bridgehead atoms. The van der Waals surface area contributed by atoms with Crippen molar-refractivity contribution in [2.75, 3.05) is 13.2 Å². The number of rotatable bonds is 24. The van der Waals surface area contributed by atoms with E-state index in [1.54, 1.807) is 54.6 Å². The molecule has 0 saturated heterocycles. The third kappa shape index (κ3) is 20.3. The number of benzene rings is 8. The van der Waals surface area contributed by atoms with E-state index in [9.17, 15) is 58.8 Å². The number of hydrogen-bond acceptors (Lipinski definition) is 14. The van der Waals surface area contributed by atoms with Crippen LogP contribution >= 0.6 is 0 Å². The molecule has 22 heteroatoms. The molecule has 4 heterocycles. The summed E-state index contributed by atoms with van der Waals surface area (Å²) in [7, 11) is 0. The quantitative estimate of drug-likeness (QED) is 0.0409. The number of hydrogen-bond donors (Lipinski definition) is 4. The van der Waals surface area contributed by atoms with Crippen molar-refractivity contribution in [2.45, 2.75) is 176 Å². The Morgan fingerprint density at radius 3 is 0.959 bits per heavy atom. The number of imidazole rings is 4. The van der Waals surface area contributed by atoms with Crippen LogP contribution < -0.4 is 9.47 Å². The Morgan fingerprint density at radius 2 is 0.636 bits per heavy atom. The fourth-order valence-corrected chi connectivity index (χ4v) is 16.2. The van der Waals surface area contributed by atoms with Gasteiger partial charge in [-0.2, -0.15) is 9.97 Å². The largest absolute Gasteiger partial charge is 0.478 e. The van der Waals surface area contributed by atoms with E-state index in [1.807, 2.05) is 186 Å². The van der Waals surface area contributed by atoms with Crippen LogP contribution in [-0.2, 0) is 58.3 Å². The van der Waals surface area contributed by atoms with Gasteiger partial charge in [0.1, 0.15) is 34.4 Å². The third-order valence-electron chi connectivity index (χ3n) is 22.1. The first kappa shape index (κ1) is 85.4.